The van der Waals surface area contributed by atoms with Crippen LogP contribution in [0.1, 0.15) is 29.9 Å². The number of hydrogen-bond donors (Lipinski definition) is 0. The van der Waals surface area contributed by atoms with Crippen LogP contribution < -0.4 is 0 Å². The Bertz CT molecular complexity index is 1720. The average molecular weight is 456 g/mol. The standard InChI is InChI=1S/C32H25NS/c1-20-16-28-31(34-20)33-29-15-14-23(21-10-6-4-7-11-21)17-25(29)26-18-24(22-12-8-5-9-13-22)19-27(30(26)33)32(28,2)3/h4-19H,1-3H3. The van der Waals surface area contributed by atoms with Gasteiger partial charge in [0.25, 0.3) is 0 Å². The molecule has 0 fully saturated rings. The fourth-order valence-electron chi connectivity index (χ4n) is 5.70. The van der Waals surface area contributed by atoms with Crippen LogP contribution in [0.4, 0.5) is 0 Å². The van der Waals surface area contributed by atoms with E-state index in [1.54, 1.807) is 0 Å². The summed E-state index contributed by atoms with van der Waals surface area (Å²) in [6.07, 6.45) is 0. The van der Waals surface area contributed by atoms with Crippen LogP contribution in [-0.2, 0) is 5.41 Å². The summed E-state index contributed by atoms with van der Waals surface area (Å²) in [5.41, 5.74) is 10.5. The SMILES string of the molecule is Cc1cc2c(s1)-n1c3ccc(-c4ccccc4)cc3c3cc(-c4ccccc4)cc(c31)C2(C)C. The molecular weight excluding hydrogens is 430 g/mol. The Hall–Kier alpha value is -3.62. The highest BCUT2D eigenvalue weighted by atomic mass is 32.1. The van der Waals surface area contributed by atoms with Crippen molar-refractivity contribution in [2.24, 2.45) is 0 Å². The Labute approximate surface area is 203 Å². The molecule has 0 aliphatic carbocycles. The molecule has 1 aliphatic rings. The van der Waals surface area contributed by atoms with Crippen LogP contribution in [0.3, 0.4) is 0 Å². The van der Waals surface area contributed by atoms with Gasteiger partial charge in [0.1, 0.15) is 5.00 Å². The van der Waals surface area contributed by atoms with Crippen molar-refractivity contribution >= 4 is 33.1 Å². The molecule has 1 aliphatic heterocycles. The van der Waals surface area contributed by atoms with Crippen LogP contribution in [0, 0.1) is 6.92 Å². The highest BCUT2D eigenvalue weighted by Crippen LogP contribution is 2.51. The first-order valence-corrected chi connectivity index (χ1v) is 12.7. The minimum absolute atomic E-state index is 0.0598. The molecule has 0 amide bonds. The van der Waals surface area contributed by atoms with Gasteiger partial charge in [-0.3, -0.25) is 0 Å². The molecule has 34 heavy (non-hydrogen) atoms. The number of aromatic nitrogens is 1. The monoisotopic (exact) mass is 455 g/mol. The molecule has 0 spiro atoms. The maximum atomic E-state index is 2.53. The normalized spacial score (nSPS) is 14.0. The molecular formula is C32H25NS. The second-order valence-electron chi connectivity index (χ2n) is 9.92. The van der Waals surface area contributed by atoms with Gasteiger partial charge in [-0.1, -0.05) is 80.6 Å². The molecule has 0 saturated heterocycles. The molecule has 6 aromatic rings. The van der Waals surface area contributed by atoms with E-state index in [0.717, 1.165) is 0 Å². The lowest BCUT2D eigenvalue weighted by Crippen LogP contribution is -2.24. The lowest BCUT2D eigenvalue weighted by molar-refractivity contribution is 0.634. The number of rotatable bonds is 2. The van der Waals surface area contributed by atoms with E-state index in [1.807, 2.05) is 11.3 Å². The molecule has 1 nitrogen and oxygen atoms in total. The average Bonchev–Trinajstić information content (AvgIpc) is 3.42. The van der Waals surface area contributed by atoms with E-state index in [-0.39, 0.29) is 5.41 Å². The largest absolute Gasteiger partial charge is 0.300 e. The Morgan fingerprint density at radius 3 is 1.97 bits per heavy atom. The number of aryl methyl sites for hydroxylation is 1. The fourth-order valence-corrected chi connectivity index (χ4v) is 6.89. The second-order valence-corrected chi connectivity index (χ2v) is 11.2. The Morgan fingerprint density at radius 1 is 0.618 bits per heavy atom. The third-order valence-corrected chi connectivity index (χ3v) is 8.50. The van der Waals surface area contributed by atoms with E-state index in [1.165, 1.54) is 65.1 Å². The van der Waals surface area contributed by atoms with E-state index < -0.39 is 0 Å². The quantitative estimate of drug-likeness (QED) is 0.245. The first-order chi connectivity index (χ1) is 16.5. The lowest BCUT2D eigenvalue weighted by Gasteiger charge is -2.33. The second kappa shape index (κ2) is 6.94. The van der Waals surface area contributed by atoms with E-state index in [4.69, 9.17) is 0 Å². The van der Waals surface area contributed by atoms with Crippen molar-refractivity contribution in [3.05, 3.63) is 113 Å². The van der Waals surface area contributed by atoms with Crippen LogP contribution in [0.5, 0.6) is 0 Å². The van der Waals surface area contributed by atoms with Crippen LogP contribution in [-0.4, -0.2) is 4.57 Å². The molecule has 4 aromatic carbocycles. The minimum Gasteiger partial charge on any atom is -0.300 e. The van der Waals surface area contributed by atoms with Gasteiger partial charge in [-0.05, 0) is 70.6 Å². The summed E-state index contributed by atoms with van der Waals surface area (Å²) in [6.45, 7) is 7.01. The molecule has 0 saturated carbocycles. The van der Waals surface area contributed by atoms with Gasteiger partial charge in [-0.25, -0.2) is 0 Å². The molecule has 2 heteroatoms. The van der Waals surface area contributed by atoms with Crippen LogP contribution in [0.15, 0.2) is 97.1 Å². The highest BCUT2D eigenvalue weighted by Gasteiger charge is 2.37. The molecule has 7 rings (SSSR count). The Kier molecular flexibility index (Phi) is 4.05. The molecule has 0 radical (unpaired) electrons. The Morgan fingerprint density at radius 2 is 1.26 bits per heavy atom. The fraction of sp³-hybridized carbons (Fsp3) is 0.125. The van der Waals surface area contributed by atoms with Crippen LogP contribution in [0.25, 0.3) is 49.1 Å². The molecule has 0 atom stereocenters. The van der Waals surface area contributed by atoms with Crippen molar-refractivity contribution in [3.8, 4) is 27.3 Å². The maximum absolute atomic E-state index is 2.53. The maximum Gasteiger partial charge on any atom is 0.104 e. The molecule has 2 aromatic heterocycles. The summed E-state index contributed by atoms with van der Waals surface area (Å²) >= 11 is 1.91. The first-order valence-electron chi connectivity index (χ1n) is 11.9. The molecule has 164 valence electrons. The van der Waals surface area contributed by atoms with Gasteiger partial charge in [0.2, 0.25) is 0 Å². The summed E-state index contributed by atoms with van der Waals surface area (Å²) in [4.78, 5) is 1.37. The minimum atomic E-state index is -0.0598. The predicted molar refractivity (Wildman–Crippen MR) is 146 cm³/mol. The van der Waals surface area contributed by atoms with Gasteiger partial charge >= 0.3 is 0 Å². The van der Waals surface area contributed by atoms with Crippen molar-refractivity contribution in [2.45, 2.75) is 26.2 Å². The van der Waals surface area contributed by atoms with Gasteiger partial charge in [0, 0.05) is 21.1 Å². The van der Waals surface area contributed by atoms with E-state index in [9.17, 15) is 0 Å². The van der Waals surface area contributed by atoms with Gasteiger partial charge in [-0.2, -0.15) is 0 Å². The van der Waals surface area contributed by atoms with Crippen LogP contribution >= 0.6 is 11.3 Å². The number of nitrogens with zero attached hydrogens (tertiary/aromatic N) is 1. The summed E-state index contributed by atoms with van der Waals surface area (Å²) in [5, 5.41) is 4.04. The topological polar surface area (TPSA) is 4.93 Å². The van der Waals surface area contributed by atoms with E-state index >= 15 is 0 Å². The van der Waals surface area contributed by atoms with Crippen molar-refractivity contribution in [1.82, 2.24) is 4.57 Å². The van der Waals surface area contributed by atoms with E-state index in [2.05, 4.69) is 122 Å². The smallest absolute Gasteiger partial charge is 0.104 e. The predicted octanol–water partition coefficient (Wildman–Crippen LogP) is 9.13. The third kappa shape index (κ3) is 2.66. The number of fused-ring (bicyclic) bond motifs is 5. The number of thiophene rings is 1. The Balaban J connectivity index is 1.65. The summed E-state index contributed by atoms with van der Waals surface area (Å²) in [6, 6.07) is 35.7. The summed E-state index contributed by atoms with van der Waals surface area (Å²) in [7, 11) is 0. The van der Waals surface area contributed by atoms with Crippen molar-refractivity contribution in [1.29, 1.82) is 0 Å². The van der Waals surface area contributed by atoms with Gasteiger partial charge in [-0.15, -0.1) is 11.3 Å². The van der Waals surface area contributed by atoms with Gasteiger partial charge in [0.05, 0.1) is 11.0 Å². The lowest BCUT2D eigenvalue weighted by atomic mass is 9.75. The molecule has 0 N–H and O–H groups in total. The molecule has 3 heterocycles. The van der Waals surface area contributed by atoms with E-state index in [0.29, 0.717) is 0 Å². The highest BCUT2D eigenvalue weighted by molar-refractivity contribution is 7.14. The van der Waals surface area contributed by atoms with Gasteiger partial charge in [0.15, 0.2) is 0 Å². The van der Waals surface area contributed by atoms with Crippen molar-refractivity contribution in [3.63, 3.8) is 0 Å². The number of benzene rings is 4. The van der Waals surface area contributed by atoms with Crippen LogP contribution in [0.2, 0.25) is 0 Å². The van der Waals surface area contributed by atoms with Crippen molar-refractivity contribution < 1.29 is 0 Å². The third-order valence-electron chi connectivity index (χ3n) is 7.46. The van der Waals surface area contributed by atoms with Gasteiger partial charge < -0.3 is 4.57 Å². The summed E-state index contributed by atoms with van der Waals surface area (Å²) < 4.78 is 2.53. The number of hydrogen-bond acceptors (Lipinski definition) is 1. The molecule has 0 bridgehead atoms. The van der Waals surface area contributed by atoms with Crippen molar-refractivity contribution in [2.75, 3.05) is 0 Å². The first kappa shape index (κ1) is 19.8. The zero-order valence-corrected chi connectivity index (χ0v) is 20.4. The zero-order chi connectivity index (χ0) is 23.0. The molecule has 0 unspecified atom stereocenters. The zero-order valence-electron chi connectivity index (χ0n) is 19.6. The summed E-state index contributed by atoms with van der Waals surface area (Å²) in [5.74, 6) is 0.